The number of ketones is 1. The van der Waals surface area contributed by atoms with Crippen molar-refractivity contribution in [2.45, 2.75) is 27.2 Å². The minimum Gasteiger partial charge on any atom is -0.290 e. The number of carbonyl (C=O) groups excluding carboxylic acids is 1. The highest BCUT2D eigenvalue weighted by molar-refractivity contribution is 6.00. The van der Waals surface area contributed by atoms with E-state index in [-0.39, 0.29) is 11.2 Å². The van der Waals surface area contributed by atoms with Crippen molar-refractivity contribution < 1.29 is 4.79 Å². The SMILES string of the molecule is CCC(C)C1(C)C=CC(=O)C=C1. The molecule has 0 aromatic heterocycles. The number of hydrogen-bond donors (Lipinski definition) is 0. The van der Waals surface area contributed by atoms with Gasteiger partial charge in [-0.3, -0.25) is 4.79 Å². The van der Waals surface area contributed by atoms with Gasteiger partial charge < -0.3 is 0 Å². The van der Waals surface area contributed by atoms with Crippen LogP contribution in [-0.4, -0.2) is 5.78 Å². The predicted octanol–water partition coefficient (Wildman–Crippen LogP) is 2.73. The fourth-order valence-electron chi connectivity index (χ4n) is 1.40. The molecular formula is C11H16O. The minimum atomic E-state index is 0.0860. The van der Waals surface area contributed by atoms with Gasteiger partial charge in [0.25, 0.3) is 0 Å². The Kier molecular flexibility index (Phi) is 2.51. The number of carbonyl (C=O) groups is 1. The highest BCUT2D eigenvalue weighted by Gasteiger charge is 2.26. The average Bonchev–Trinajstić information content (AvgIpc) is 2.09. The molecule has 1 heteroatoms. The summed E-state index contributed by atoms with van der Waals surface area (Å²) < 4.78 is 0. The summed E-state index contributed by atoms with van der Waals surface area (Å²) in [5.41, 5.74) is 0.0860. The molecule has 0 saturated heterocycles. The normalized spacial score (nSPS) is 22.8. The summed E-state index contributed by atoms with van der Waals surface area (Å²) in [6.07, 6.45) is 8.52. The van der Waals surface area contributed by atoms with E-state index in [1.54, 1.807) is 12.2 Å². The maximum absolute atomic E-state index is 10.9. The lowest BCUT2D eigenvalue weighted by Crippen LogP contribution is -2.22. The van der Waals surface area contributed by atoms with Gasteiger partial charge in [-0.25, -0.2) is 0 Å². The lowest BCUT2D eigenvalue weighted by molar-refractivity contribution is -0.110. The van der Waals surface area contributed by atoms with Crippen LogP contribution < -0.4 is 0 Å². The van der Waals surface area contributed by atoms with E-state index < -0.39 is 0 Å². The molecule has 1 aliphatic carbocycles. The summed E-state index contributed by atoms with van der Waals surface area (Å²) in [6, 6.07) is 0. The van der Waals surface area contributed by atoms with Crippen LogP contribution in [0.1, 0.15) is 27.2 Å². The van der Waals surface area contributed by atoms with Gasteiger partial charge in [0.1, 0.15) is 0 Å². The van der Waals surface area contributed by atoms with Crippen LogP contribution >= 0.6 is 0 Å². The summed E-state index contributed by atoms with van der Waals surface area (Å²) in [6.45, 7) is 6.55. The lowest BCUT2D eigenvalue weighted by Gasteiger charge is -2.30. The van der Waals surface area contributed by atoms with E-state index in [1.807, 2.05) is 12.2 Å². The molecular weight excluding hydrogens is 148 g/mol. The molecule has 1 rings (SSSR count). The van der Waals surface area contributed by atoms with Crippen LogP contribution in [0.5, 0.6) is 0 Å². The zero-order valence-electron chi connectivity index (χ0n) is 8.00. The van der Waals surface area contributed by atoms with Crippen LogP contribution in [0.25, 0.3) is 0 Å². The number of hydrogen-bond acceptors (Lipinski definition) is 1. The van der Waals surface area contributed by atoms with Gasteiger partial charge in [0, 0.05) is 5.41 Å². The first kappa shape index (κ1) is 9.24. The summed E-state index contributed by atoms with van der Waals surface area (Å²) >= 11 is 0. The third-order valence-corrected chi connectivity index (χ3v) is 2.89. The monoisotopic (exact) mass is 164 g/mol. The van der Waals surface area contributed by atoms with Crippen molar-refractivity contribution in [2.24, 2.45) is 11.3 Å². The van der Waals surface area contributed by atoms with Crippen molar-refractivity contribution >= 4 is 5.78 Å². The predicted molar refractivity (Wildman–Crippen MR) is 50.8 cm³/mol. The van der Waals surface area contributed by atoms with E-state index in [0.717, 1.165) is 6.42 Å². The first-order valence-corrected chi connectivity index (χ1v) is 4.51. The molecule has 0 spiro atoms. The Labute approximate surface area is 74.2 Å². The molecule has 1 unspecified atom stereocenters. The second-order valence-electron chi connectivity index (χ2n) is 3.74. The molecule has 12 heavy (non-hydrogen) atoms. The largest absolute Gasteiger partial charge is 0.290 e. The number of allylic oxidation sites excluding steroid dienone is 4. The summed E-state index contributed by atoms with van der Waals surface area (Å²) in [5.74, 6) is 0.703. The van der Waals surface area contributed by atoms with Gasteiger partial charge in [-0.1, -0.05) is 39.3 Å². The lowest BCUT2D eigenvalue weighted by atomic mass is 9.74. The van der Waals surface area contributed by atoms with Crippen molar-refractivity contribution in [3.8, 4) is 0 Å². The van der Waals surface area contributed by atoms with Crippen molar-refractivity contribution in [1.29, 1.82) is 0 Å². The van der Waals surface area contributed by atoms with E-state index in [2.05, 4.69) is 20.8 Å². The molecule has 66 valence electrons. The first-order valence-electron chi connectivity index (χ1n) is 4.51. The van der Waals surface area contributed by atoms with E-state index in [4.69, 9.17) is 0 Å². The van der Waals surface area contributed by atoms with Crippen molar-refractivity contribution in [3.63, 3.8) is 0 Å². The molecule has 0 radical (unpaired) electrons. The fourth-order valence-corrected chi connectivity index (χ4v) is 1.40. The second kappa shape index (κ2) is 3.26. The van der Waals surface area contributed by atoms with E-state index in [9.17, 15) is 4.79 Å². The smallest absolute Gasteiger partial charge is 0.178 e. The van der Waals surface area contributed by atoms with E-state index >= 15 is 0 Å². The number of rotatable bonds is 2. The molecule has 0 saturated carbocycles. The Morgan fingerprint density at radius 1 is 1.42 bits per heavy atom. The van der Waals surface area contributed by atoms with Gasteiger partial charge in [0.05, 0.1) is 0 Å². The van der Waals surface area contributed by atoms with E-state index in [1.165, 1.54) is 0 Å². The Morgan fingerprint density at radius 3 is 2.33 bits per heavy atom. The molecule has 1 atom stereocenters. The second-order valence-corrected chi connectivity index (χ2v) is 3.74. The topological polar surface area (TPSA) is 17.1 Å². The zero-order chi connectivity index (χ0) is 9.19. The Bertz CT molecular complexity index is 219. The standard InChI is InChI=1S/C11H16O/c1-4-9(2)11(3)7-5-10(12)6-8-11/h5-9H,4H2,1-3H3. The molecule has 0 amide bonds. The van der Waals surface area contributed by atoms with Crippen molar-refractivity contribution in [1.82, 2.24) is 0 Å². The quantitative estimate of drug-likeness (QED) is 0.613. The molecule has 1 aliphatic rings. The van der Waals surface area contributed by atoms with Crippen molar-refractivity contribution in [2.75, 3.05) is 0 Å². The third kappa shape index (κ3) is 1.66. The van der Waals surface area contributed by atoms with E-state index in [0.29, 0.717) is 5.92 Å². The fraction of sp³-hybridized carbons (Fsp3) is 0.545. The van der Waals surface area contributed by atoms with Gasteiger partial charge in [-0.15, -0.1) is 0 Å². The maximum Gasteiger partial charge on any atom is 0.178 e. The molecule has 0 aliphatic heterocycles. The van der Waals surface area contributed by atoms with Gasteiger partial charge in [-0.05, 0) is 18.1 Å². The summed E-state index contributed by atoms with van der Waals surface area (Å²) in [7, 11) is 0. The van der Waals surface area contributed by atoms with Gasteiger partial charge >= 0.3 is 0 Å². The molecule has 0 heterocycles. The van der Waals surface area contributed by atoms with Crippen molar-refractivity contribution in [3.05, 3.63) is 24.3 Å². The van der Waals surface area contributed by atoms with Gasteiger partial charge in [0.15, 0.2) is 5.78 Å². The minimum absolute atomic E-state index is 0.0860. The zero-order valence-corrected chi connectivity index (χ0v) is 8.00. The molecule has 0 aromatic rings. The first-order chi connectivity index (χ1) is 5.58. The molecule has 0 bridgehead atoms. The van der Waals surface area contributed by atoms with Crippen LogP contribution in [0.15, 0.2) is 24.3 Å². The maximum atomic E-state index is 10.9. The Hall–Kier alpha value is -0.850. The Morgan fingerprint density at radius 2 is 1.92 bits per heavy atom. The summed E-state index contributed by atoms with van der Waals surface area (Å²) in [4.78, 5) is 10.9. The van der Waals surface area contributed by atoms with Crippen LogP contribution in [0.2, 0.25) is 0 Å². The summed E-state index contributed by atoms with van der Waals surface area (Å²) in [5, 5.41) is 0. The third-order valence-electron chi connectivity index (χ3n) is 2.89. The molecule has 1 nitrogen and oxygen atoms in total. The highest BCUT2D eigenvalue weighted by Crippen LogP contribution is 2.34. The van der Waals surface area contributed by atoms with Crippen LogP contribution in [-0.2, 0) is 4.79 Å². The molecule has 0 aromatic carbocycles. The molecule has 0 N–H and O–H groups in total. The average molecular weight is 164 g/mol. The Balaban J connectivity index is 2.81. The molecule has 0 fully saturated rings. The highest BCUT2D eigenvalue weighted by atomic mass is 16.1. The van der Waals surface area contributed by atoms with Crippen LogP contribution in [0.4, 0.5) is 0 Å². The van der Waals surface area contributed by atoms with Crippen LogP contribution in [0.3, 0.4) is 0 Å². The van der Waals surface area contributed by atoms with Gasteiger partial charge in [0.2, 0.25) is 0 Å². The van der Waals surface area contributed by atoms with Gasteiger partial charge in [-0.2, -0.15) is 0 Å². The van der Waals surface area contributed by atoms with Crippen LogP contribution in [0, 0.1) is 11.3 Å².